The van der Waals surface area contributed by atoms with Crippen LogP contribution in [-0.4, -0.2) is 35.0 Å². The van der Waals surface area contributed by atoms with E-state index in [1.54, 1.807) is 6.92 Å². The van der Waals surface area contributed by atoms with Crippen LogP contribution in [0.1, 0.15) is 52.9 Å². The molecule has 0 fully saturated rings. The van der Waals surface area contributed by atoms with Gasteiger partial charge in [-0.3, -0.25) is 0 Å². The minimum Gasteiger partial charge on any atom is -0.549 e. The van der Waals surface area contributed by atoms with E-state index in [4.69, 9.17) is 0 Å². The molecular weight excluding hydrogens is 232 g/mol. The van der Waals surface area contributed by atoms with Gasteiger partial charge < -0.3 is 19.8 Å². The van der Waals surface area contributed by atoms with Crippen LogP contribution in [0.15, 0.2) is 0 Å². The standard InChI is InChI=1S/C12H22O4.Mg/c1-4-6-7-8-9(5-2)12(3,10(13)14)11(15)16;/h9H,4-8H2,1-3H3,(H,13,14)(H,15,16);/q;+2/p-2. The van der Waals surface area contributed by atoms with Crippen LogP contribution in [-0.2, 0) is 9.59 Å². The van der Waals surface area contributed by atoms with Crippen molar-refractivity contribution in [2.45, 2.75) is 52.9 Å². The largest absolute Gasteiger partial charge is 2.00 e. The summed E-state index contributed by atoms with van der Waals surface area (Å²) in [5, 5.41) is 21.9. The summed E-state index contributed by atoms with van der Waals surface area (Å²) in [4.78, 5) is 21.9. The van der Waals surface area contributed by atoms with E-state index >= 15 is 0 Å². The van der Waals surface area contributed by atoms with Crippen molar-refractivity contribution in [3.63, 3.8) is 0 Å². The summed E-state index contributed by atoms with van der Waals surface area (Å²) >= 11 is 0. The summed E-state index contributed by atoms with van der Waals surface area (Å²) in [5.41, 5.74) is -1.87. The summed E-state index contributed by atoms with van der Waals surface area (Å²) in [7, 11) is 0. The van der Waals surface area contributed by atoms with Gasteiger partial charge in [-0.15, -0.1) is 0 Å². The molecule has 0 aromatic rings. The van der Waals surface area contributed by atoms with E-state index in [0.29, 0.717) is 12.8 Å². The Balaban J connectivity index is 0. The van der Waals surface area contributed by atoms with Gasteiger partial charge in [-0.2, -0.15) is 0 Å². The molecule has 4 nitrogen and oxygen atoms in total. The summed E-state index contributed by atoms with van der Waals surface area (Å²) in [6.07, 6.45) is 3.92. The molecule has 0 aliphatic carbocycles. The summed E-state index contributed by atoms with van der Waals surface area (Å²) in [6, 6.07) is 0. The smallest absolute Gasteiger partial charge is 0.549 e. The van der Waals surface area contributed by atoms with E-state index in [1.807, 2.05) is 6.92 Å². The molecule has 0 rings (SSSR count). The number of hydrogen-bond donors (Lipinski definition) is 0. The monoisotopic (exact) mass is 252 g/mol. The third-order valence-corrected chi connectivity index (χ3v) is 3.31. The number of aliphatic carboxylic acids is 2. The number of unbranched alkanes of at least 4 members (excludes halogenated alkanes) is 2. The van der Waals surface area contributed by atoms with Crippen molar-refractivity contribution in [1.29, 1.82) is 0 Å². The molecule has 0 heterocycles. The van der Waals surface area contributed by atoms with Crippen LogP contribution in [0, 0.1) is 11.3 Å². The molecule has 0 aromatic carbocycles. The Hall–Kier alpha value is -0.294. The Morgan fingerprint density at radius 2 is 1.59 bits per heavy atom. The normalized spacial score (nSPS) is 12.6. The van der Waals surface area contributed by atoms with Crippen molar-refractivity contribution in [3.8, 4) is 0 Å². The molecule has 0 saturated heterocycles. The average molecular weight is 253 g/mol. The van der Waals surface area contributed by atoms with Crippen molar-refractivity contribution < 1.29 is 19.8 Å². The molecule has 1 atom stereocenters. The summed E-state index contributed by atoms with van der Waals surface area (Å²) < 4.78 is 0. The van der Waals surface area contributed by atoms with E-state index in [2.05, 4.69) is 0 Å². The Morgan fingerprint density at radius 3 is 1.88 bits per heavy atom. The van der Waals surface area contributed by atoms with Gasteiger partial charge in [-0.1, -0.05) is 39.5 Å². The van der Waals surface area contributed by atoms with Crippen LogP contribution in [0.5, 0.6) is 0 Å². The number of carboxylic acid groups (broad SMARTS) is 2. The molecule has 0 N–H and O–H groups in total. The predicted octanol–water partition coefficient (Wildman–Crippen LogP) is -0.282. The molecule has 0 saturated carbocycles. The first kappa shape index (κ1) is 19.1. The third kappa shape index (κ3) is 4.83. The molecule has 0 aliphatic rings. The topological polar surface area (TPSA) is 80.3 Å². The van der Waals surface area contributed by atoms with Crippen LogP contribution in [0.4, 0.5) is 0 Å². The second-order valence-corrected chi connectivity index (χ2v) is 4.38. The van der Waals surface area contributed by atoms with E-state index in [1.165, 1.54) is 6.92 Å². The number of carboxylic acids is 2. The summed E-state index contributed by atoms with van der Waals surface area (Å²) in [5.74, 6) is -3.51. The molecule has 94 valence electrons. The zero-order valence-corrected chi connectivity index (χ0v) is 12.4. The first-order valence-electron chi connectivity index (χ1n) is 5.84. The Morgan fingerprint density at radius 1 is 1.12 bits per heavy atom. The van der Waals surface area contributed by atoms with Gasteiger partial charge in [0.15, 0.2) is 0 Å². The van der Waals surface area contributed by atoms with Crippen molar-refractivity contribution >= 4 is 35.0 Å². The van der Waals surface area contributed by atoms with Gasteiger partial charge in [0.25, 0.3) is 0 Å². The minimum atomic E-state index is -1.87. The van der Waals surface area contributed by atoms with Crippen molar-refractivity contribution in [3.05, 3.63) is 0 Å². The maximum absolute atomic E-state index is 11.0. The van der Waals surface area contributed by atoms with Crippen molar-refractivity contribution in [2.24, 2.45) is 11.3 Å². The van der Waals surface area contributed by atoms with E-state index in [9.17, 15) is 19.8 Å². The fourth-order valence-corrected chi connectivity index (χ4v) is 1.96. The quantitative estimate of drug-likeness (QED) is 0.338. The molecule has 0 spiro atoms. The van der Waals surface area contributed by atoms with Crippen LogP contribution < -0.4 is 10.2 Å². The van der Waals surface area contributed by atoms with Gasteiger partial charge in [0.05, 0.1) is 11.9 Å². The van der Waals surface area contributed by atoms with Crippen LogP contribution >= 0.6 is 0 Å². The van der Waals surface area contributed by atoms with E-state index in [0.717, 1.165) is 19.3 Å². The molecule has 5 heteroatoms. The van der Waals surface area contributed by atoms with Crippen LogP contribution in [0.3, 0.4) is 0 Å². The first-order valence-corrected chi connectivity index (χ1v) is 5.84. The molecule has 17 heavy (non-hydrogen) atoms. The SMILES string of the molecule is CCCCCC(CC)C(C)(C(=O)[O-])C(=O)[O-].[Mg+2]. The number of carbonyl (C=O) groups is 2. The number of rotatable bonds is 8. The van der Waals surface area contributed by atoms with E-state index < -0.39 is 23.3 Å². The average Bonchev–Trinajstić information content (AvgIpc) is 2.23. The molecule has 0 aliphatic heterocycles. The van der Waals surface area contributed by atoms with Crippen molar-refractivity contribution in [1.82, 2.24) is 0 Å². The van der Waals surface area contributed by atoms with Crippen LogP contribution in [0.25, 0.3) is 0 Å². The Kier molecular flexibility index (Phi) is 9.80. The fraction of sp³-hybridized carbons (Fsp3) is 0.833. The third-order valence-electron chi connectivity index (χ3n) is 3.31. The van der Waals surface area contributed by atoms with Gasteiger partial charge in [-0.05, 0) is 19.3 Å². The minimum absolute atomic E-state index is 0. The molecule has 1 unspecified atom stereocenters. The molecule has 0 radical (unpaired) electrons. The van der Waals surface area contributed by atoms with Gasteiger partial charge in [0.1, 0.15) is 0 Å². The van der Waals surface area contributed by atoms with Gasteiger partial charge >= 0.3 is 23.1 Å². The van der Waals surface area contributed by atoms with Gasteiger partial charge in [0, 0.05) is 5.41 Å². The van der Waals surface area contributed by atoms with Gasteiger partial charge in [0.2, 0.25) is 0 Å². The number of hydrogen-bond acceptors (Lipinski definition) is 4. The van der Waals surface area contributed by atoms with E-state index in [-0.39, 0.29) is 23.1 Å². The molecule has 0 bridgehead atoms. The number of carbonyl (C=O) groups excluding carboxylic acids is 2. The fourth-order valence-electron chi connectivity index (χ4n) is 1.96. The maximum Gasteiger partial charge on any atom is 2.00 e. The first-order chi connectivity index (χ1) is 7.41. The zero-order valence-electron chi connectivity index (χ0n) is 11.0. The maximum atomic E-state index is 11.0. The second kappa shape index (κ2) is 8.75. The Bertz CT molecular complexity index is 239. The van der Waals surface area contributed by atoms with Crippen molar-refractivity contribution in [2.75, 3.05) is 0 Å². The predicted molar refractivity (Wildman–Crippen MR) is 61.8 cm³/mol. The molecule has 0 amide bonds. The second-order valence-electron chi connectivity index (χ2n) is 4.38. The summed E-state index contributed by atoms with van der Waals surface area (Å²) in [6.45, 7) is 5.02. The van der Waals surface area contributed by atoms with Gasteiger partial charge in [-0.25, -0.2) is 0 Å². The zero-order chi connectivity index (χ0) is 12.8. The van der Waals surface area contributed by atoms with Crippen LogP contribution in [0.2, 0.25) is 0 Å². The molecular formula is C12H20MgO4. The molecule has 0 aromatic heterocycles. The Labute approximate surface area is 119 Å².